The lowest BCUT2D eigenvalue weighted by molar-refractivity contribution is -0.148. The quantitative estimate of drug-likeness (QED) is 0.0490. The van der Waals surface area contributed by atoms with Crippen LogP contribution in [0.1, 0.15) is 107 Å². The number of amides is 10. The number of hydrogen-bond donors (Lipinski definition) is 7. The second kappa shape index (κ2) is 40.4. The van der Waals surface area contributed by atoms with Crippen LogP contribution in [0.25, 0.3) is 0 Å². The summed E-state index contributed by atoms with van der Waals surface area (Å²) < 4.78 is 27.5. The Balaban J connectivity index is 1.30. The molecule has 10 amide bonds. The molecule has 574 valence electrons. The average molecular weight is 1500 g/mol. The molecule has 0 saturated carbocycles. The molecule has 0 spiro atoms. The van der Waals surface area contributed by atoms with Crippen molar-refractivity contribution in [1.29, 1.82) is 0 Å². The maximum atomic E-state index is 15.7. The summed E-state index contributed by atoms with van der Waals surface area (Å²) in [5, 5.41) is 17.6. The molecule has 25 nitrogen and oxygen atoms in total. The normalized spacial score (nSPS) is 23.3. The molecular formula is C79H106N10O15S2. The molecule has 7 rings (SSSR count). The van der Waals surface area contributed by atoms with Gasteiger partial charge in [-0.25, -0.2) is 0 Å². The zero-order chi connectivity index (χ0) is 77.4. The van der Waals surface area contributed by atoms with Crippen LogP contribution in [0.2, 0.25) is 0 Å². The van der Waals surface area contributed by atoms with E-state index in [4.69, 9.17) is 29.4 Å². The molecule has 5 aromatic carbocycles. The van der Waals surface area contributed by atoms with Crippen LogP contribution in [0.15, 0.2) is 121 Å². The Morgan fingerprint density at radius 3 is 1.45 bits per heavy atom. The fourth-order valence-electron chi connectivity index (χ4n) is 12.9. The van der Waals surface area contributed by atoms with Gasteiger partial charge < -0.3 is 76.0 Å². The molecule has 0 unspecified atom stereocenters. The minimum Gasteiger partial charge on any atom is -0.497 e. The van der Waals surface area contributed by atoms with Gasteiger partial charge in [0.15, 0.2) is 0 Å². The molecule has 2 aliphatic heterocycles. The molecule has 2 aliphatic rings. The summed E-state index contributed by atoms with van der Waals surface area (Å²) >= 11 is 2.89. The van der Waals surface area contributed by atoms with Gasteiger partial charge in [0.2, 0.25) is 59.1 Å². The highest BCUT2D eigenvalue weighted by Crippen LogP contribution is 2.32. The van der Waals surface area contributed by atoms with Gasteiger partial charge >= 0.3 is 0 Å². The summed E-state index contributed by atoms with van der Waals surface area (Å²) in [6.07, 6.45) is -0.497. The third-order valence-corrected chi connectivity index (χ3v) is 21.4. The number of primary amides is 1. The Labute approximate surface area is 631 Å². The third-order valence-electron chi connectivity index (χ3n) is 19.3. The molecule has 0 radical (unpaired) electrons. The Bertz CT molecular complexity index is 3790. The van der Waals surface area contributed by atoms with Crippen molar-refractivity contribution in [3.05, 3.63) is 155 Å². The molecule has 0 aliphatic carbocycles. The van der Waals surface area contributed by atoms with Gasteiger partial charge in [0, 0.05) is 82.9 Å². The van der Waals surface area contributed by atoms with E-state index in [1.54, 1.807) is 111 Å². The Morgan fingerprint density at radius 2 is 0.962 bits per heavy atom. The fourth-order valence-corrected chi connectivity index (χ4v) is 14.8. The SMILES string of the molecule is COc1ccc(C[C@@H]2NC(=O)CCSCc3cccc(c3)CSC[C@@H](C(N)=O)NC(=O)[C@]3(C)CCCN3C(=O)[C@H](Cc3ccc(OC)cc3)NC(=O)[C@H]([C@@H](C)OC)NC(=O)[C@H](CC(C)C)N(C)C(=O)[C@H](Cc3ccc(OC)cc3)NC(=O)[C@H](Cc3ccc(OC)cc3)N(C)C(=O)[C@@H](CC(C)C)NC2=O)cc1. The molecule has 5 aromatic rings. The van der Waals surface area contributed by atoms with E-state index in [2.05, 4.69) is 31.9 Å². The Morgan fingerprint density at radius 1 is 0.519 bits per heavy atom. The summed E-state index contributed by atoms with van der Waals surface area (Å²) in [4.78, 5) is 153. The number of ether oxygens (including phenoxy) is 5. The highest BCUT2D eigenvalue weighted by molar-refractivity contribution is 7.98. The summed E-state index contributed by atoms with van der Waals surface area (Å²) in [5.41, 5.74) is 8.86. The van der Waals surface area contributed by atoms with Crippen molar-refractivity contribution in [2.24, 2.45) is 17.6 Å². The van der Waals surface area contributed by atoms with Crippen molar-refractivity contribution in [2.75, 3.05) is 67.7 Å². The number of fused-ring (bicyclic) bond motifs is 3. The van der Waals surface area contributed by atoms with E-state index in [-0.39, 0.29) is 75.5 Å². The molecule has 1 fully saturated rings. The van der Waals surface area contributed by atoms with E-state index in [9.17, 15) is 19.2 Å². The van der Waals surface area contributed by atoms with Crippen LogP contribution in [0.5, 0.6) is 23.0 Å². The molecule has 10 atom stereocenters. The van der Waals surface area contributed by atoms with Crippen molar-refractivity contribution in [1.82, 2.24) is 46.6 Å². The number of methoxy groups -OCH3 is 5. The number of carbonyl (C=O) groups excluding carboxylic acids is 10. The van der Waals surface area contributed by atoms with Crippen LogP contribution in [0.3, 0.4) is 0 Å². The number of likely N-dealkylation sites (N-methyl/N-ethyl adjacent to an activating group) is 2. The second-order valence-electron chi connectivity index (χ2n) is 28.1. The minimum atomic E-state index is -1.52. The van der Waals surface area contributed by atoms with E-state index in [0.29, 0.717) is 68.9 Å². The summed E-state index contributed by atoms with van der Waals surface area (Å²) in [7, 11) is 10.3. The Kier molecular flexibility index (Phi) is 32.0. The highest BCUT2D eigenvalue weighted by Gasteiger charge is 2.49. The van der Waals surface area contributed by atoms with Crippen LogP contribution in [0, 0.1) is 11.8 Å². The monoisotopic (exact) mass is 1500 g/mol. The van der Waals surface area contributed by atoms with Gasteiger partial charge in [0.25, 0.3) is 0 Å². The Hall–Kier alpha value is -9.34. The van der Waals surface area contributed by atoms with Gasteiger partial charge in [-0.3, -0.25) is 47.9 Å². The lowest BCUT2D eigenvalue weighted by Crippen LogP contribution is -2.64. The number of hydrogen-bond acceptors (Lipinski definition) is 17. The smallest absolute Gasteiger partial charge is 0.246 e. The average Bonchev–Trinajstić information content (AvgIpc) is 1.58. The first-order valence-electron chi connectivity index (χ1n) is 35.8. The predicted octanol–water partition coefficient (Wildman–Crippen LogP) is 6.12. The number of benzene rings is 5. The molecule has 2 bridgehead atoms. The molecule has 1 saturated heterocycles. The van der Waals surface area contributed by atoms with E-state index in [1.807, 2.05) is 52.0 Å². The largest absolute Gasteiger partial charge is 0.497 e. The van der Waals surface area contributed by atoms with Gasteiger partial charge in [-0.2, -0.15) is 23.5 Å². The van der Waals surface area contributed by atoms with Crippen LogP contribution < -0.4 is 56.6 Å². The standard InChI is InChI=1S/C79H106N10O15S2/c1-48(2)38-62-75(96)88(8)67(44-54-24-32-60(104-13)33-25-54)72(93)83-63(42-52-20-28-58(102-11)29-21-52)76(97)87(7)66(39-49(3)4)73(94)86-69(50(5)100-9)74(95)84-64(43-53-22-30-59(103-12)31-23-53)77(98)89-36-15-35-79(89,6)78(99)85-65(70(80)91)47-106-46-56-17-14-16-55(40-56)45-105-37-34-68(90)81-61(71(92)82-62)41-51-18-26-57(101-10)27-19-51/h14,16-33,40,48-50,61-67,69H,15,34-39,41-47H2,1-13H3,(H2,80,91)(H,81,90)(H,82,92)(H,83,93)(H,84,95)(H,85,99)(H,86,94)/t50-,61+,62-,63+,64+,65+,66+,67+,69+,79+/m1/s1. The molecular weight excluding hydrogens is 1390 g/mol. The first kappa shape index (κ1) is 83.9. The first-order chi connectivity index (χ1) is 50.6. The lowest BCUT2D eigenvalue weighted by Gasteiger charge is -2.37. The maximum Gasteiger partial charge on any atom is 0.246 e. The third kappa shape index (κ3) is 23.8. The number of rotatable bonds is 19. The molecule has 8 N–H and O–H groups in total. The van der Waals surface area contributed by atoms with E-state index in [0.717, 1.165) is 11.1 Å². The summed E-state index contributed by atoms with van der Waals surface area (Å²) in [6.45, 7) is 10.8. The minimum absolute atomic E-state index is 0.0370. The number of nitrogens with one attached hydrogen (secondary N) is 6. The second-order valence-corrected chi connectivity index (χ2v) is 30.2. The molecule has 106 heavy (non-hydrogen) atoms. The van der Waals surface area contributed by atoms with Crippen molar-refractivity contribution in [2.45, 2.75) is 171 Å². The van der Waals surface area contributed by atoms with E-state index < -0.39 is 119 Å². The van der Waals surface area contributed by atoms with Gasteiger partial charge in [-0.1, -0.05) is 100 Å². The molecule has 2 heterocycles. The molecule has 27 heteroatoms. The number of nitrogens with two attached hydrogens (primary N) is 1. The van der Waals surface area contributed by atoms with Crippen LogP contribution in [-0.2, 0) is 89.9 Å². The van der Waals surface area contributed by atoms with E-state index in [1.165, 1.54) is 87.9 Å². The van der Waals surface area contributed by atoms with E-state index >= 15 is 28.8 Å². The number of thioether (sulfide) groups is 2. The fraction of sp³-hybridized carbons (Fsp3) is 0.494. The topological polar surface area (TPSA) is 325 Å². The van der Waals surface area contributed by atoms with Crippen molar-refractivity contribution >= 4 is 82.6 Å². The van der Waals surface area contributed by atoms with Crippen LogP contribution in [0.4, 0.5) is 0 Å². The van der Waals surface area contributed by atoms with Gasteiger partial charge in [-0.15, -0.1) is 0 Å². The number of carbonyl (C=O) groups is 10. The zero-order valence-corrected chi connectivity index (χ0v) is 64.8. The molecule has 0 aromatic heterocycles. The van der Waals surface area contributed by atoms with Gasteiger partial charge in [-0.05, 0) is 133 Å². The van der Waals surface area contributed by atoms with Crippen LogP contribution in [-0.4, -0.2) is 201 Å². The first-order valence-corrected chi connectivity index (χ1v) is 38.1. The predicted molar refractivity (Wildman–Crippen MR) is 409 cm³/mol. The maximum absolute atomic E-state index is 15.7. The van der Waals surface area contributed by atoms with Crippen molar-refractivity contribution in [3.63, 3.8) is 0 Å². The number of nitrogens with zero attached hydrogens (tertiary/aromatic N) is 3. The van der Waals surface area contributed by atoms with Crippen LogP contribution >= 0.6 is 23.5 Å². The lowest BCUT2D eigenvalue weighted by atomic mass is 9.95. The van der Waals surface area contributed by atoms with Gasteiger partial charge in [0.05, 0.1) is 34.5 Å². The van der Waals surface area contributed by atoms with Crippen molar-refractivity contribution < 1.29 is 71.6 Å². The summed E-state index contributed by atoms with van der Waals surface area (Å²) in [6, 6.07) is 25.1. The highest BCUT2D eigenvalue weighted by atomic mass is 32.2. The van der Waals surface area contributed by atoms with Gasteiger partial charge in [0.1, 0.15) is 76.9 Å². The zero-order valence-electron chi connectivity index (χ0n) is 63.2. The van der Waals surface area contributed by atoms with Crippen molar-refractivity contribution in [3.8, 4) is 23.0 Å². The summed E-state index contributed by atoms with van der Waals surface area (Å²) in [5.74, 6) is -3.59.